The van der Waals surface area contributed by atoms with Crippen LogP contribution in [0.4, 0.5) is 0 Å². The van der Waals surface area contributed by atoms with Crippen LogP contribution in [0.25, 0.3) is 0 Å². The molecule has 0 unspecified atom stereocenters. The van der Waals surface area contributed by atoms with Gasteiger partial charge in [0, 0.05) is 0 Å². The van der Waals surface area contributed by atoms with Crippen LogP contribution in [0.1, 0.15) is 33.3 Å². The van der Waals surface area contributed by atoms with Gasteiger partial charge in [0.15, 0.2) is 17.9 Å². The van der Waals surface area contributed by atoms with E-state index in [1.54, 1.807) is 0 Å². The standard InChI is InChI=1S/C19H26O6/c1-18(2)22-14-13(11-20-10-12-8-6-5-7-9-12)21-17-16(15(14)23-18)24-19(3,4)25-17/h5-9,13-17H,10-11H2,1-4H3/t13-,14+,15+,16-,17-/m0/s1. The molecule has 1 aromatic rings. The van der Waals surface area contributed by atoms with Crippen molar-refractivity contribution >= 4 is 0 Å². The van der Waals surface area contributed by atoms with Crippen molar-refractivity contribution in [1.82, 2.24) is 0 Å². The third kappa shape index (κ3) is 3.60. The number of fused-ring (bicyclic) bond motifs is 3. The summed E-state index contributed by atoms with van der Waals surface area (Å²) in [5, 5.41) is 0. The van der Waals surface area contributed by atoms with Crippen LogP contribution >= 0.6 is 0 Å². The van der Waals surface area contributed by atoms with Crippen LogP contribution < -0.4 is 0 Å². The van der Waals surface area contributed by atoms with Gasteiger partial charge in [0.25, 0.3) is 0 Å². The van der Waals surface area contributed by atoms with E-state index in [4.69, 9.17) is 28.4 Å². The maximum absolute atomic E-state index is 6.11. The second-order valence-corrected chi connectivity index (χ2v) is 7.71. The molecule has 1 aromatic carbocycles. The summed E-state index contributed by atoms with van der Waals surface area (Å²) in [6.45, 7) is 8.51. The molecule has 0 aromatic heterocycles. The Balaban J connectivity index is 1.44. The monoisotopic (exact) mass is 350 g/mol. The Hall–Kier alpha value is -1.02. The van der Waals surface area contributed by atoms with Gasteiger partial charge >= 0.3 is 0 Å². The zero-order valence-corrected chi connectivity index (χ0v) is 15.1. The third-order valence-electron chi connectivity index (χ3n) is 4.64. The Labute approximate surface area is 148 Å². The summed E-state index contributed by atoms with van der Waals surface area (Å²) < 4.78 is 36.0. The van der Waals surface area contributed by atoms with Gasteiger partial charge in [0.2, 0.25) is 0 Å². The SMILES string of the molecule is CC1(C)O[C@@H]2O[C@@H](COCc3ccccc3)[C@H]3OC(C)(C)O[C@H]3[C@@H]2O1. The summed E-state index contributed by atoms with van der Waals surface area (Å²) in [4.78, 5) is 0. The summed E-state index contributed by atoms with van der Waals surface area (Å²) in [7, 11) is 0. The Morgan fingerprint density at radius 2 is 1.48 bits per heavy atom. The minimum atomic E-state index is -0.699. The summed E-state index contributed by atoms with van der Waals surface area (Å²) in [5.74, 6) is -1.38. The second kappa shape index (κ2) is 6.30. The van der Waals surface area contributed by atoms with E-state index in [0.29, 0.717) is 13.2 Å². The number of hydrogen-bond acceptors (Lipinski definition) is 6. The molecule has 25 heavy (non-hydrogen) atoms. The highest BCUT2D eigenvalue weighted by molar-refractivity contribution is 5.13. The molecule has 0 spiro atoms. The van der Waals surface area contributed by atoms with Crippen molar-refractivity contribution in [3.8, 4) is 0 Å². The normalized spacial score (nSPS) is 38.3. The van der Waals surface area contributed by atoms with Gasteiger partial charge in [-0.3, -0.25) is 0 Å². The van der Waals surface area contributed by atoms with Crippen LogP contribution in [-0.2, 0) is 35.0 Å². The molecule has 0 amide bonds. The van der Waals surface area contributed by atoms with Crippen LogP contribution in [0.3, 0.4) is 0 Å². The van der Waals surface area contributed by atoms with E-state index in [9.17, 15) is 0 Å². The number of benzene rings is 1. The first-order chi connectivity index (χ1) is 11.8. The first-order valence-corrected chi connectivity index (χ1v) is 8.81. The van der Waals surface area contributed by atoms with Gasteiger partial charge in [-0.1, -0.05) is 30.3 Å². The van der Waals surface area contributed by atoms with Crippen LogP contribution in [0.2, 0.25) is 0 Å². The lowest BCUT2D eigenvalue weighted by Gasteiger charge is -2.37. The van der Waals surface area contributed by atoms with Crippen molar-refractivity contribution in [2.75, 3.05) is 6.61 Å². The van der Waals surface area contributed by atoms with Crippen LogP contribution in [0, 0.1) is 0 Å². The second-order valence-electron chi connectivity index (χ2n) is 7.71. The molecule has 0 bridgehead atoms. The van der Waals surface area contributed by atoms with E-state index in [1.165, 1.54) is 0 Å². The topological polar surface area (TPSA) is 55.4 Å². The van der Waals surface area contributed by atoms with Crippen molar-refractivity contribution < 1.29 is 28.4 Å². The molecular weight excluding hydrogens is 324 g/mol. The lowest BCUT2D eigenvalue weighted by atomic mass is 9.99. The van der Waals surface area contributed by atoms with E-state index in [2.05, 4.69) is 0 Å². The fraction of sp³-hybridized carbons (Fsp3) is 0.684. The van der Waals surface area contributed by atoms with Crippen molar-refractivity contribution in [3.63, 3.8) is 0 Å². The largest absolute Gasteiger partial charge is 0.374 e. The molecule has 3 heterocycles. The van der Waals surface area contributed by atoms with Gasteiger partial charge in [-0.15, -0.1) is 0 Å². The van der Waals surface area contributed by atoms with Crippen molar-refractivity contribution in [2.24, 2.45) is 0 Å². The molecule has 0 N–H and O–H groups in total. The van der Waals surface area contributed by atoms with Gasteiger partial charge in [-0.05, 0) is 33.3 Å². The molecule has 3 aliphatic rings. The molecule has 5 atom stereocenters. The lowest BCUT2D eigenvalue weighted by Crippen LogP contribution is -2.56. The molecule has 0 radical (unpaired) electrons. The quantitative estimate of drug-likeness (QED) is 0.832. The lowest BCUT2D eigenvalue weighted by molar-refractivity contribution is -0.243. The summed E-state index contributed by atoms with van der Waals surface area (Å²) in [6, 6.07) is 10.1. The smallest absolute Gasteiger partial charge is 0.190 e. The molecule has 4 rings (SSSR count). The molecule has 6 heteroatoms. The van der Waals surface area contributed by atoms with Gasteiger partial charge in [0.05, 0.1) is 13.2 Å². The fourth-order valence-electron chi connectivity index (χ4n) is 3.69. The maximum atomic E-state index is 6.11. The minimum Gasteiger partial charge on any atom is -0.374 e. The highest BCUT2D eigenvalue weighted by atomic mass is 16.9. The molecular formula is C19H26O6. The van der Waals surface area contributed by atoms with Gasteiger partial charge in [-0.2, -0.15) is 0 Å². The fourth-order valence-corrected chi connectivity index (χ4v) is 3.69. The number of hydrogen-bond donors (Lipinski definition) is 0. The summed E-state index contributed by atoms with van der Waals surface area (Å²) in [5.41, 5.74) is 1.12. The van der Waals surface area contributed by atoms with Crippen LogP contribution in [-0.4, -0.2) is 48.9 Å². The molecule has 3 saturated heterocycles. The van der Waals surface area contributed by atoms with Gasteiger partial charge in [0.1, 0.15) is 24.4 Å². The number of ether oxygens (including phenoxy) is 6. The van der Waals surface area contributed by atoms with Crippen LogP contribution in [0.15, 0.2) is 30.3 Å². The first kappa shape index (κ1) is 17.4. The Bertz CT molecular complexity index is 601. The van der Waals surface area contributed by atoms with Crippen molar-refractivity contribution in [3.05, 3.63) is 35.9 Å². The van der Waals surface area contributed by atoms with Gasteiger partial charge < -0.3 is 28.4 Å². The Morgan fingerprint density at radius 1 is 0.840 bits per heavy atom. The zero-order chi connectivity index (χ0) is 17.7. The minimum absolute atomic E-state index is 0.235. The molecule has 138 valence electrons. The average Bonchev–Trinajstić information content (AvgIpc) is 3.03. The summed E-state index contributed by atoms with van der Waals surface area (Å²) >= 11 is 0. The highest BCUT2D eigenvalue weighted by Gasteiger charge is 2.60. The molecule has 6 nitrogen and oxygen atoms in total. The zero-order valence-electron chi connectivity index (χ0n) is 15.1. The van der Waals surface area contributed by atoms with E-state index >= 15 is 0 Å². The molecule has 3 aliphatic heterocycles. The van der Waals surface area contributed by atoms with E-state index in [-0.39, 0.29) is 24.4 Å². The van der Waals surface area contributed by atoms with Crippen molar-refractivity contribution in [1.29, 1.82) is 0 Å². The first-order valence-electron chi connectivity index (χ1n) is 8.81. The van der Waals surface area contributed by atoms with E-state index in [0.717, 1.165) is 5.56 Å². The van der Waals surface area contributed by atoms with E-state index < -0.39 is 17.9 Å². The number of rotatable bonds is 4. The predicted molar refractivity (Wildman–Crippen MR) is 88.6 cm³/mol. The third-order valence-corrected chi connectivity index (χ3v) is 4.64. The molecule has 3 fully saturated rings. The Morgan fingerprint density at radius 3 is 2.24 bits per heavy atom. The van der Waals surface area contributed by atoms with E-state index in [1.807, 2.05) is 58.0 Å². The average molecular weight is 350 g/mol. The summed E-state index contributed by atoms with van der Waals surface area (Å²) in [6.07, 6.45) is -1.52. The van der Waals surface area contributed by atoms with Crippen molar-refractivity contribution in [2.45, 2.75) is 76.6 Å². The highest BCUT2D eigenvalue weighted by Crippen LogP contribution is 2.44. The predicted octanol–water partition coefficient (Wildman–Crippen LogP) is 2.60. The molecule has 0 aliphatic carbocycles. The van der Waals surface area contributed by atoms with Gasteiger partial charge in [-0.25, -0.2) is 0 Å². The molecule has 0 saturated carbocycles. The maximum Gasteiger partial charge on any atom is 0.190 e. The Kier molecular flexibility index (Phi) is 4.38. The van der Waals surface area contributed by atoms with Crippen LogP contribution in [0.5, 0.6) is 0 Å².